The Morgan fingerprint density at radius 2 is 1.76 bits per heavy atom. The van der Waals surface area contributed by atoms with Crippen LogP contribution in [0.2, 0.25) is 0 Å². The molecular weight excluding hydrogens is 422 g/mol. The highest BCUT2D eigenvalue weighted by molar-refractivity contribution is 6.10. The van der Waals surface area contributed by atoms with E-state index in [0.717, 1.165) is 55.0 Å². The molecule has 4 atom stereocenters. The van der Waals surface area contributed by atoms with Gasteiger partial charge in [-0.25, -0.2) is 9.28 Å². The molecule has 0 N–H and O–H groups in total. The van der Waals surface area contributed by atoms with Crippen molar-refractivity contribution in [3.05, 3.63) is 47.5 Å². The van der Waals surface area contributed by atoms with Gasteiger partial charge < -0.3 is 4.74 Å². The summed E-state index contributed by atoms with van der Waals surface area (Å²) >= 11 is 0. The van der Waals surface area contributed by atoms with Crippen molar-refractivity contribution in [2.45, 2.75) is 71.3 Å². The van der Waals surface area contributed by atoms with Gasteiger partial charge in [0.25, 0.3) is 0 Å². The lowest BCUT2D eigenvalue weighted by atomic mass is 9.73. The van der Waals surface area contributed by atoms with Gasteiger partial charge >= 0.3 is 5.91 Å². The van der Waals surface area contributed by atoms with Gasteiger partial charge in [0, 0.05) is 18.1 Å². The lowest BCUT2D eigenvalue weighted by molar-refractivity contribution is -0.144. The number of hydrogen-bond donors (Lipinski definition) is 0. The zero-order chi connectivity index (χ0) is 23.4. The molecule has 34 heavy (non-hydrogen) atoms. The molecule has 2 aliphatic carbocycles. The number of ether oxygens (including phenoxy) is 1. The second-order valence-corrected chi connectivity index (χ2v) is 11.0. The number of amides is 1. The summed E-state index contributed by atoms with van der Waals surface area (Å²) in [5.41, 5.74) is 5.96. The first-order chi connectivity index (χ1) is 16.5. The van der Waals surface area contributed by atoms with Crippen LogP contribution in [0.1, 0.15) is 63.0 Å². The third kappa shape index (κ3) is 3.45. The SMILES string of the molecule is CCOc1cccc(-c2ccc([N+]34CC3C(=O)[C@H]3CCCC[C@H]3C4=O)cc2CCC2CC2)c1C. The summed E-state index contributed by atoms with van der Waals surface area (Å²) in [5.74, 6) is 2.36. The molecule has 0 aromatic heterocycles. The summed E-state index contributed by atoms with van der Waals surface area (Å²) in [4.78, 5) is 27.1. The fourth-order valence-corrected chi connectivity index (χ4v) is 6.78. The van der Waals surface area contributed by atoms with E-state index in [1.807, 2.05) is 13.0 Å². The van der Waals surface area contributed by atoms with Crippen molar-refractivity contribution >= 4 is 17.4 Å². The van der Waals surface area contributed by atoms with Crippen molar-refractivity contribution in [1.29, 1.82) is 0 Å². The number of nitrogens with zero attached hydrogens (tertiary/aromatic N) is 1. The van der Waals surface area contributed by atoms with E-state index >= 15 is 0 Å². The number of fused-ring (bicyclic) bond motifs is 2. The highest BCUT2D eigenvalue weighted by Crippen LogP contribution is 2.52. The zero-order valence-corrected chi connectivity index (χ0v) is 20.5. The molecule has 4 aliphatic rings. The van der Waals surface area contributed by atoms with Gasteiger partial charge in [0.2, 0.25) is 11.8 Å². The third-order valence-electron chi connectivity index (χ3n) is 8.97. The first kappa shape index (κ1) is 22.0. The second kappa shape index (κ2) is 8.34. The van der Waals surface area contributed by atoms with Gasteiger partial charge in [0.05, 0.1) is 12.5 Å². The first-order valence-corrected chi connectivity index (χ1v) is 13.4. The van der Waals surface area contributed by atoms with Crippen LogP contribution in [0.15, 0.2) is 36.4 Å². The summed E-state index contributed by atoms with van der Waals surface area (Å²) in [7, 11) is 0. The summed E-state index contributed by atoms with van der Waals surface area (Å²) in [6.07, 6.45) is 8.86. The van der Waals surface area contributed by atoms with E-state index < -0.39 is 0 Å². The number of Topliss-reactive ketones (excluding diaryl/α,β-unsaturated/α-hetero) is 1. The minimum atomic E-state index is -0.142. The molecule has 0 spiro atoms. The predicted molar refractivity (Wildman–Crippen MR) is 135 cm³/mol. The van der Waals surface area contributed by atoms with E-state index in [2.05, 4.69) is 37.3 Å². The van der Waals surface area contributed by atoms with Crippen LogP contribution in [0.25, 0.3) is 11.1 Å². The van der Waals surface area contributed by atoms with Crippen molar-refractivity contribution in [2.75, 3.05) is 13.2 Å². The maximum absolute atomic E-state index is 13.8. The highest BCUT2D eigenvalue weighted by Gasteiger charge is 2.73. The van der Waals surface area contributed by atoms with Crippen LogP contribution in [-0.2, 0) is 16.0 Å². The average Bonchev–Trinajstić information content (AvgIpc) is 3.78. The minimum absolute atomic E-state index is 0.0161. The Morgan fingerprint density at radius 1 is 0.971 bits per heavy atom. The van der Waals surface area contributed by atoms with Crippen LogP contribution in [0.4, 0.5) is 5.69 Å². The molecule has 178 valence electrons. The lowest BCUT2D eigenvalue weighted by Crippen LogP contribution is -2.53. The molecule has 0 radical (unpaired) electrons. The molecule has 2 unspecified atom stereocenters. The minimum Gasteiger partial charge on any atom is -0.494 e. The summed E-state index contributed by atoms with van der Waals surface area (Å²) < 4.78 is 6.17. The number of piperidine rings is 1. The predicted octanol–water partition coefficient (Wildman–Crippen LogP) is 6.01. The van der Waals surface area contributed by atoms with Gasteiger partial charge in [0.1, 0.15) is 11.4 Å². The largest absolute Gasteiger partial charge is 0.494 e. The normalized spacial score (nSPS) is 30.0. The van der Waals surface area contributed by atoms with Crippen LogP contribution in [0.5, 0.6) is 5.75 Å². The first-order valence-electron chi connectivity index (χ1n) is 13.4. The van der Waals surface area contributed by atoms with E-state index in [1.54, 1.807) is 0 Å². The number of carbonyl (C=O) groups is 2. The molecule has 2 saturated carbocycles. The molecule has 2 aromatic rings. The van der Waals surface area contributed by atoms with Crippen LogP contribution in [-0.4, -0.2) is 30.9 Å². The van der Waals surface area contributed by atoms with E-state index in [0.29, 0.717) is 24.8 Å². The molecule has 2 saturated heterocycles. The van der Waals surface area contributed by atoms with E-state index in [9.17, 15) is 9.59 Å². The van der Waals surface area contributed by atoms with Gasteiger partial charge in [-0.1, -0.05) is 37.8 Å². The number of carbonyl (C=O) groups excluding carboxylic acids is 2. The quantitative estimate of drug-likeness (QED) is 0.377. The molecule has 4 fully saturated rings. The maximum atomic E-state index is 13.8. The third-order valence-corrected chi connectivity index (χ3v) is 8.97. The van der Waals surface area contributed by atoms with Crippen LogP contribution >= 0.6 is 0 Å². The molecule has 0 bridgehead atoms. The molecule has 2 heterocycles. The fraction of sp³-hybridized carbons (Fsp3) is 0.533. The topological polar surface area (TPSA) is 43.4 Å². The van der Waals surface area contributed by atoms with Crippen LogP contribution in [0.3, 0.4) is 0 Å². The summed E-state index contributed by atoms with van der Waals surface area (Å²) in [6.45, 7) is 5.48. The van der Waals surface area contributed by atoms with Crippen molar-refractivity contribution in [3.63, 3.8) is 0 Å². The Labute approximate surface area is 202 Å². The molecule has 2 aliphatic heterocycles. The highest BCUT2D eigenvalue weighted by atomic mass is 16.5. The van der Waals surface area contributed by atoms with E-state index in [4.69, 9.17) is 4.74 Å². The Bertz CT molecular complexity index is 1150. The van der Waals surface area contributed by atoms with Crippen LogP contribution < -0.4 is 9.22 Å². The standard InChI is InChI=1S/C30H36NO3/c1-3-34-28-10-6-9-23(19(28)2)24-16-15-22(17-21(24)14-13-20-11-12-20)31-18-27(31)29(32)25-7-4-5-8-26(25)30(31)33/h6,9-10,15-17,20,25-27H,3-5,7-8,11-14,18H2,1-2H3/q+1/t25-,26+,27?,31?/m0/s1. The molecule has 4 heteroatoms. The van der Waals surface area contributed by atoms with E-state index in [1.165, 1.54) is 36.0 Å². The van der Waals surface area contributed by atoms with Crippen LogP contribution in [0, 0.1) is 24.7 Å². The van der Waals surface area contributed by atoms with Gasteiger partial charge in [-0.3, -0.25) is 4.79 Å². The van der Waals surface area contributed by atoms with Gasteiger partial charge in [-0.05, 0) is 79.8 Å². The van der Waals surface area contributed by atoms with Crippen molar-refractivity contribution in [2.24, 2.45) is 17.8 Å². The Kier molecular flexibility index (Phi) is 5.40. The molecule has 4 nitrogen and oxygen atoms in total. The number of quaternary nitrogens is 1. The van der Waals surface area contributed by atoms with Gasteiger partial charge in [0.15, 0.2) is 6.54 Å². The average molecular weight is 459 g/mol. The molecule has 6 rings (SSSR count). The lowest BCUT2D eigenvalue weighted by Gasteiger charge is -2.35. The number of rotatable bonds is 7. The van der Waals surface area contributed by atoms with E-state index in [-0.39, 0.29) is 22.4 Å². The maximum Gasteiger partial charge on any atom is 0.323 e. The smallest absolute Gasteiger partial charge is 0.323 e. The Hall–Kier alpha value is -2.46. The van der Waals surface area contributed by atoms with Crippen molar-refractivity contribution in [1.82, 2.24) is 4.48 Å². The number of aryl methyl sites for hydroxylation is 1. The summed E-state index contributed by atoms with van der Waals surface area (Å²) in [5, 5.41) is 0. The molecular formula is C30H36NO3+. The van der Waals surface area contributed by atoms with Crippen molar-refractivity contribution < 1.29 is 14.3 Å². The summed E-state index contributed by atoms with van der Waals surface area (Å²) in [6, 6.07) is 12.8. The Morgan fingerprint density at radius 3 is 2.53 bits per heavy atom. The fourth-order valence-electron chi connectivity index (χ4n) is 6.78. The van der Waals surface area contributed by atoms with Gasteiger partial charge in [-0.15, -0.1) is 0 Å². The second-order valence-electron chi connectivity index (χ2n) is 11.0. The molecule has 1 amide bonds. The van der Waals surface area contributed by atoms with Crippen molar-refractivity contribution in [3.8, 4) is 16.9 Å². The number of ketones is 1. The Balaban J connectivity index is 1.40. The zero-order valence-electron chi connectivity index (χ0n) is 20.5. The number of hydrogen-bond acceptors (Lipinski definition) is 3. The van der Waals surface area contributed by atoms with Gasteiger partial charge in [-0.2, -0.15) is 0 Å². The number of benzene rings is 2. The molecule has 2 aromatic carbocycles. The monoisotopic (exact) mass is 458 g/mol.